The molecule has 3 heterocycles. The van der Waals surface area contributed by atoms with E-state index in [1.807, 2.05) is 0 Å². The van der Waals surface area contributed by atoms with Gasteiger partial charge in [0, 0.05) is 13.8 Å². The van der Waals surface area contributed by atoms with Crippen molar-refractivity contribution in [3.63, 3.8) is 0 Å². The maximum absolute atomic E-state index is 12.3. The zero-order valence-electron chi connectivity index (χ0n) is 16.5. The van der Waals surface area contributed by atoms with Crippen molar-refractivity contribution >= 4 is 27.0 Å². The van der Waals surface area contributed by atoms with Crippen molar-refractivity contribution in [1.29, 1.82) is 5.26 Å². The fourth-order valence-electron chi connectivity index (χ4n) is 2.71. The van der Waals surface area contributed by atoms with Crippen LogP contribution in [0.4, 0.5) is 5.82 Å². The normalized spacial score (nSPS) is 11.5. The highest BCUT2D eigenvalue weighted by molar-refractivity contribution is 7.92. The Morgan fingerprint density at radius 3 is 2.55 bits per heavy atom. The fraction of sp³-hybridized carbons (Fsp3) is 0.150. The van der Waals surface area contributed by atoms with Gasteiger partial charge in [-0.2, -0.15) is 5.26 Å². The van der Waals surface area contributed by atoms with E-state index in [2.05, 4.69) is 26.2 Å². The van der Waals surface area contributed by atoms with Gasteiger partial charge in [0.15, 0.2) is 21.3 Å². The Labute approximate surface area is 185 Å². The number of thiophene rings is 1. The average molecular weight is 457 g/mol. The van der Waals surface area contributed by atoms with Crippen LogP contribution in [0.1, 0.15) is 22.3 Å². The lowest BCUT2D eigenvalue weighted by atomic mass is 10.1. The number of nitrogens with two attached hydrogens (primary N) is 1. The van der Waals surface area contributed by atoms with Crippen LogP contribution in [0, 0.1) is 11.3 Å². The van der Waals surface area contributed by atoms with E-state index in [0.717, 1.165) is 0 Å². The van der Waals surface area contributed by atoms with E-state index in [1.165, 1.54) is 29.7 Å². The molecule has 11 heteroatoms. The first-order valence-electron chi connectivity index (χ1n) is 9.09. The second-order valence-corrected chi connectivity index (χ2v) is 10.2. The molecule has 9 nitrogen and oxygen atoms in total. The molecule has 31 heavy (non-hydrogen) atoms. The van der Waals surface area contributed by atoms with Gasteiger partial charge in [-0.25, -0.2) is 18.4 Å². The number of benzene rings is 1. The summed E-state index contributed by atoms with van der Waals surface area (Å²) in [6.45, 7) is 3.27. The lowest BCUT2D eigenvalue weighted by molar-refractivity contribution is 0.583. The van der Waals surface area contributed by atoms with Crippen LogP contribution < -0.4 is 5.73 Å². The minimum Gasteiger partial charge on any atom is -0.414 e. The minimum atomic E-state index is -3.37. The summed E-state index contributed by atoms with van der Waals surface area (Å²) in [7, 11) is -3.37. The average Bonchev–Trinajstić information content (AvgIpc) is 3.43. The van der Waals surface area contributed by atoms with Gasteiger partial charge in [0.2, 0.25) is 0 Å². The topological polar surface area (TPSA) is 149 Å². The second kappa shape index (κ2) is 7.90. The number of hydrogen-bond donors (Lipinski definition) is 1. The number of nitrogen functional groups attached to an aromatic ring is 1. The summed E-state index contributed by atoms with van der Waals surface area (Å²) in [6.07, 6.45) is 1.49. The molecule has 0 unspecified atom stereocenters. The first kappa shape index (κ1) is 20.6. The maximum Gasteiger partial charge on any atom is 0.270 e. The van der Waals surface area contributed by atoms with E-state index in [-0.39, 0.29) is 31.0 Å². The first-order valence-corrected chi connectivity index (χ1v) is 11.5. The summed E-state index contributed by atoms with van der Waals surface area (Å²) in [4.78, 5) is 9.54. The van der Waals surface area contributed by atoms with Crippen LogP contribution in [0.3, 0.4) is 0 Å². The fourth-order valence-corrected chi connectivity index (χ4v) is 4.52. The van der Waals surface area contributed by atoms with E-state index < -0.39 is 15.1 Å². The third-order valence-electron chi connectivity index (χ3n) is 4.47. The molecule has 0 spiro atoms. The van der Waals surface area contributed by atoms with Gasteiger partial charge in [0.05, 0.1) is 32.5 Å². The van der Waals surface area contributed by atoms with E-state index >= 15 is 0 Å². The molecule has 0 aliphatic rings. The summed E-state index contributed by atoms with van der Waals surface area (Å²) in [5.74, 6) is 0.450. The summed E-state index contributed by atoms with van der Waals surface area (Å²) in [5.41, 5.74) is 7.82. The standard InChI is InChI=1S/C20H16N6O3S2.2H2/c1-11(2)31(27,28)14-5-3-13(4-6-14)15-9-23-18(22)17(24-15)20-26-25-19(29-20)16-7-12(8-21)10-30-16;;/h3-7,9-11H,1-2H3,(H2,22,23);2*1H. The van der Waals surface area contributed by atoms with Crippen molar-refractivity contribution in [3.05, 3.63) is 47.5 Å². The molecule has 0 radical (unpaired) electrons. The molecule has 0 atom stereocenters. The highest BCUT2D eigenvalue weighted by atomic mass is 32.2. The van der Waals surface area contributed by atoms with Crippen molar-refractivity contribution in [2.24, 2.45) is 0 Å². The number of nitriles is 1. The van der Waals surface area contributed by atoms with Crippen LogP contribution in [-0.4, -0.2) is 33.8 Å². The molecule has 0 saturated carbocycles. The molecule has 2 N–H and O–H groups in total. The molecule has 0 fully saturated rings. The quantitative estimate of drug-likeness (QED) is 0.469. The largest absolute Gasteiger partial charge is 0.414 e. The van der Waals surface area contributed by atoms with Gasteiger partial charge in [-0.15, -0.1) is 21.5 Å². The monoisotopic (exact) mass is 456 g/mol. The minimum absolute atomic E-state index is 0. The van der Waals surface area contributed by atoms with E-state index in [1.54, 1.807) is 37.4 Å². The Balaban J connectivity index is 0.00000193. The van der Waals surface area contributed by atoms with Crippen molar-refractivity contribution < 1.29 is 15.7 Å². The van der Waals surface area contributed by atoms with E-state index in [0.29, 0.717) is 21.7 Å². The van der Waals surface area contributed by atoms with Gasteiger partial charge in [-0.1, -0.05) is 12.1 Å². The number of nitrogens with zero attached hydrogens (tertiary/aromatic N) is 5. The van der Waals surface area contributed by atoms with Gasteiger partial charge in [0.25, 0.3) is 11.8 Å². The Morgan fingerprint density at radius 2 is 1.90 bits per heavy atom. The number of sulfone groups is 1. The summed E-state index contributed by atoms with van der Waals surface area (Å²) in [5, 5.41) is 18.2. The maximum atomic E-state index is 12.3. The predicted octanol–water partition coefficient (Wildman–Crippen LogP) is 4.05. The zero-order valence-corrected chi connectivity index (χ0v) is 18.1. The van der Waals surface area contributed by atoms with Crippen molar-refractivity contribution in [2.75, 3.05) is 5.73 Å². The van der Waals surface area contributed by atoms with Crippen LogP contribution in [0.5, 0.6) is 0 Å². The predicted molar refractivity (Wildman–Crippen MR) is 120 cm³/mol. The highest BCUT2D eigenvalue weighted by Crippen LogP contribution is 2.31. The SMILES string of the molecule is CC(C)S(=O)(=O)c1ccc(-c2cnc(N)c(-c3nnc(-c4cc(C#N)cs4)o3)n2)cc1.[HH].[HH]. The second-order valence-electron chi connectivity index (χ2n) is 6.83. The molecule has 0 aliphatic heterocycles. The van der Waals surface area contributed by atoms with Crippen LogP contribution in [-0.2, 0) is 9.84 Å². The summed E-state index contributed by atoms with van der Waals surface area (Å²) >= 11 is 1.31. The van der Waals surface area contributed by atoms with Gasteiger partial charge in [-0.3, -0.25) is 0 Å². The summed E-state index contributed by atoms with van der Waals surface area (Å²) in [6, 6.07) is 10.1. The first-order chi connectivity index (χ1) is 14.8. The number of aromatic nitrogens is 4. The smallest absolute Gasteiger partial charge is 0.270 e. The van der Waals surface area contributed by atoms with Crippen molar-refractivity contribution in [3.8, 4) is 39.7 Å². The van der Waals surface area contributed by atoms with Crippen LogP contribution in [0.15, 0.2) is 51.2 Å². The van der Waals surface area contributed by atoms with E-state index in [9.17, 15) is 8.42 Å². The van der Waals surface area contributed by atoms with Crippen molar-refractivity contribution in [1.82, 2.24) is 20.2 Å². The van der Waals surface area contributed by atoms with E-state index in [4.69, 9.17) is 15.4 Å². The summed E-state index contributed by atoms with van der Waals surface area (Å²) < 4.78 is 30.3. The van der Waals surface area contributed by atoms with Gasteiger partial charge in [-0.05, 0) is 32.0 Å². The Kier molecular flexibility index (Phi) is 5.26. The lowest BCUT2D eigenvalue weighted by Crippen LogP contribution is -2.13. The zero-order chi connectivity index (χ0) is 22.2. The molecule has 0 bridgehead atoms. The lowest BCUT2D eigenvalue weighted by Gasteiger charge is -2.09. The highest BCUT2D eigenvalue weighted by Gasteiger charge is 2.20. The number of anilines is 1. The molecule has 0 aliphatic carbocycles. The molecule has 4 rings (SSSR count). The molecule has 3 aromatic heterocycles. The molecule has 0 saturated heterocycles. The third-order valence-corrected chi connectivity index (χ3v) is 7.56. The molecular formula is C20H20N6O3S2. The van der Waals surface area contributed by atoms with Crippen molar-refractivity contribution in [2.45, 2.75) is 24.0 Å². The van der Waals surface area contributed by atoms with Crippen LogP contribution >= 0.6 is 11.3 Å². The van der Waals surface area contributed by atoms with Crippen LogP contribution in [0.2, 0.25) is 0 Å². The number of hydrogen-bond acceptors (Lipinski definition) is 10. The molecule has 160 valence electrons. The van der Waals surface area contributed by atoms with Gasteiger partial charge in [0.1, 0.15) is 6.07 Å². The molecule has 1 aromatic carbocycles. The molecule has 0 amide bonds. The Morgan fingerprint density at radius 1 is 1.19 bits per heavy atom. The van der Waals surface area contributed by atoms with Gasteiger partial charge < -0.3 is 10.2 Å². The third kappa shape index (κ3) is 3.90. The Bertz CT molecular complexity index is 1410. The van der Waals surface area contributed by atoms with Gasteiger partial charge >= 0.3 is 0 Å². The Hall–Kier alpha value is -3.62. The molecule has 4 aromatic rings. The molecular weight excluding hydrogens is 436 g/mol. The van der Waals surface area contributed by atoms with Crippen LogP contribution in [0.25, 0.3) is 33.6 Å². The number of rotatable bonds is 5.